The number of nitrogens with one attached hydrogen (secondary N) is 1. The lowest BCUT2D eigenvalue weighted by Gasteiger charge is -2.32. The van der Waals surface area contributed by atoms with Crippen LogP contribution in [-0.4, -0.2) is 65.2 Å². The van der Waals surface area contributed by atoms with Gasteiger partial charge < -0.3 is 20.1 Å². The topological polar surface area (TPSA) is 100 Å². The number of carbonyl (C=O) groups excluding carboxylic acids is 1. The number of hydrogen-bond donors (Lipinski definition) is 2. The Balaban J connectivity index is 1.72. The number of aliphatic hydroxyl groups is 1. The molecule has 3 aromatic rings. The molecule has 1 saturated carbocycles. The summed E-state index contributed by atoms with van der Waals surface area (Å²) in [5.41, 5.74) is 2.83. The van der Waals surface area contributed by atoms with Gasteiger partial charge in [-0.15, -0.1) is 0 Å². The maximum Gasteiger partial charge on any atom is 0.180 e. The average Bonchev–Trinajstić information content (AvgIpc) is 2.96. The first-order chi connectivity index (χ1) is 18.0. The zero-order valence-electron chi connectivity index (χ0n) is 22.0. The Morgan fingerprint density at radius 2 is 1.95 bits per heavy atom. The summed E-state index contributed by atoms with van der Waals surface area (Å²) in [6.07, 6.45) is 7.49. The molecule has 1 fully saturated rings. The first-order valence-corrected chi connectivity index (χ1v) is 13.2. The summed E-state index contributed by atoms with van der Waals surface area (Å²) in [5, 5.41) is 13.0. The zero-order chi connectivity index (χ0) is 26.2. The minimum absolute atomic E-state index is 0.000914. The highest BCUT2D eigenvalue weighted by molar-refractivity contribution is 5.95. The van der Waals surface area contributed by atoms with Crippen LogP contribution < -0.4 is 15.0 Å². The van der Waals surface area contributed by atoms with Crippen LogP contribution in [-0.2, 0) is 0 Å². The van der Waals surface area contributed by atoms with E-state index in [2.05, 4.69) is 22.2 Å². The van der Waals surface area contributed by atoms with Gasteiger partial charge in [-0.05, 0) is 44.2 Å². The van der Waals surface area contributed by atoms with Gasteiger partial charge in [-0.1, -0.05) is 38.3 Å². The number of ether oxygens (including phenoxy) is 1. The molecule has 8 nitrogen and oxygen atoms in total. The Morgan fingerprint density at radius 1 is 1.14 bits per heavy atom. The van der Waals surface area contributed by atoms with Gasteiger partial charge in [0, 0.05) is 49.4 Å². The molecule has 0 amide bonds. The number of hydrogen-bond acceptors (Lipinski definition) is 8. The highest BCUT2D eigenvalue weighted by Crippen LogP contribution is 2.31. The van der Waals surface area contributed by atoms with Crippen molar-refractivity contribution >= 4 is 11.6 Å². The van der Waals surface area contributed by atoms with Crippen molar-refractivity contribution in [2.75, 3.05) is 32.1 Å². The summed E-state index contributed by atoms with van der Waals surface area (Å²) >= 11 is 0. The molecule has 8 heteroatoms. The standard InChI is InChI=1S/C29H37N5O3/c1-4-27(36)26-16-20(13-14-31-26)25-17-28(34(3)22-10-6-5-7-11-22)33-29(32-25)21-9-8-12-24(15-21)37-19-23(35)18-30-2/h8-9,12-17,22-23,30,35H,4-7,10-11,18-19H2,1-3H3. The molecule has 1 aliphatic carbocycles. The highest BCUT2D eigenvalue weighted by Gasteiger charge is 2.21. The van der Waals surface area contributed by atoms with E-state index < -0.39 is 6.10 Å². The maximum atomic E-state index is 12.3. The monoisotopic (exact) mass is 503 g/mol. The number of carbonyl (C=O) groups is 1. The third kappa shape index (κ3) is 6.90. The zero-order valence-corrected chi connectivity index (χ0v) is 22.0. The van der Waals surface area contributed by atoms with Crippen LogP contribution in [0.4, 0.5) is 5.82 Å². The second kappa shape index (κ2) is 12.7. The second-order valence-corrected chi connectivity index (χ2v) is 9.59. The maximum absolute atomic E-state index is 12.3. The number of ketones is 1. The molecule has 2 N–H and O–H groups in total. The summed E-state index contributed by atoms with van der Waals surface area (Å²) in [6, 6.07) is 13.7. The molecule has 0 bridgehead atoms. The summed E-state index contributed by atoms with van der Waals surface area (Å²) in [4.78, 5) is 28.7. The third-order valence-electron chi connectivity index (χ3n) is 6.83. The van der Waals surface area contributed by atoms with Crippen molar-refractivity contribution in [3.63, 3.8) is 0 Å². The van der Waals surface area contributed by atoms with Crippen molar-refractivity contribution in [3.05, 3.63) is 54.4 Å². The van der Waals surface area contributed by atoms with Gasteiger partial charge >= 0.3 is 0 Å². The molecule has 2 heterocycles. The van der Waals surface area contributed by atoms with E-state index in [0.717, 1.165) is 35.5 Å². The quantitative estimate of drug-likeness (QED) is 0.368. The second-order valence-electron chi connectivity index (χ2n) is 9.59. The minimum atomic E-state index is -0.601. The summed E-state index contributed by atoms with van der Waals surface area (Å²) in [7, 11) is 3.90. The van der Waals surface area contributed by atoms with E-state index in [1.165, 1.54) is 19.3 Å². The fourth-order valence-electron chi connectivity index (χ4n) is 4.68. The van der Waals surface area contributed by atoms with Crippen LogP contribution >= 0.6 is 0 Å². The molecule has 37 heavy (non-hydrogen) atoms. The van der Waals surface area contributed by atoms with Gasteiger partial charge in [-0.2, -0.15) is 0 Å². The Morgan fingerprint density at radius 3 is 2.70 bits per heavy atom. The first-order valence-electron chi connectivity index (χ1n) is 13.2. The summed E-state index contributed by atoms with van der Waals surface area (Å²) in [6.45, 7) is 2.48. The van der Waals surface area contributed by atoms with E-state index in [1.54, 1.807) is 13.2 Å². The lowest BCUT2D eigenvalue weighted by Crippen LogP contribution is -2.34. The molecular formula is C29H37N5O3. The van der Waals surface area contributed by atoms with Crippen LogP contribution in [0, 0.1) is 0 Å². The van der Waals surface area contributed by atoms with E-state index in [1.807, 2.05) is 49.4 Å². The molecule has 1 atom stereocenters. The number of anilines is 1. The normalized spacial score (nSPS) is 14.8. The van der Waals surface area contributed by atoms with Gasteiger partial charge in [0.05, 0.1) is 5.69 Å². The number of rotatable bonds is 11. The molecule has 2 aromatic heterocycles. The van der Waals surface area contributed by atoms with E-state index in [9.17, 15) is 9.90 Å². The molecule has 0 aliphatic heterocycles. The Bertz CT molecular complexity index is 1200. The molecule has 1 aliphatic rings. The van der Waals surface area contributed by atoms with Crippen molar-refractivity contribution < 1.29 is 14.6 Å². The fourth-order valence-corrected chi connectivity index (χ4v) is 4.68. The van der Waals surface area contributed by atoms with Crippen LogP contribution in [0.2, 0.25) is 0 Å². The molecule has 0 radical (unpaired) electrons. The highest BCUT2D eigenvalue weighted by atomic mass is 16.5. The summed E-state index contributed by atoms with van der Waals surface area (Å²) in [5.74, 6) is 2.07. The smallest absolute Gasteiger partial charge is 0.180 e. The molecule has 1 unspecified atom stereocenters. The van der Waals surface area contributed by atoms with Crippen molar-refractivity contribution in [3.8, 4) is 28.4 Å². The number of benzene rings is 1. The number of likely N-dealkylation sites (N-methyl/N-ethyl adjacent to an activating group) is 1. The lowest BCUT2D eigenvalue weighted by atomic mass is 9.94. The van der Waals surface area contributed by atoms with Gasteiger partial charge in [-0.3, -0.25) is 9.78 Å². The van der Waals surface area contributed by atoms with E-state index >= 15 is 0 Å². The van der Waals surface area contributed by atoms with E-state index in [4.69, 9.17) is 14.7 Å². The number of aromatic nitrogens is 3. The van der Waals surface area contributed by atoms with Crippen LogP contribution in [0.5, 0.6) is 5.75 Å². The predicted octanol–water partition coefficient (Wildman–Crippen LogP) is 4.53. The summed E-state index contributed by atoms with van der Waals surface area (Å²) < 4.78 is 5.82. The number of nitrogens with zero attached hydrogens (tertiary/aromatic N) is 4. The third-order valence-corrected chi connectivity index (χ3v) is 6.83. The largest absolute Gasteiger partial charge is 0.491 e. The molecule has 0 spiro atoms. The molecule has 0 saturated heterocycles. The Labute approximate surface area is 219 Å². The first kappa shape index (κ1) is 26.7. The number of pyridine rings is 1. The van der Waals surface area contributed by atoms with Crippen LogP contribution in [0.3, 0.4) is 0 Å². The minimum Gasteiger partial charge on any atom is -0.491 e. The Kier molecular flexibility index (Phi) is 9.19. The Hall–Kier alpha value is -3.36. The molecule has 196 valence electrons. The van der Waals surface area contributed by atoms with Gasteiger partial charge in [0.2, 0.25) is 0 Å². The predicted molar refractivity (Wildman–Crippen MR) is 146 cm³/mol. The SMILES string of the molecule is CCC(=O)c1cc(-c2cc(N(C)C3CCCCC3)nc(-c3cccc(OCC(O)CNC)c3)n2)ccn1. The van der Waals surface area contributed by atoms with Crippen molar-refractivity contribution in [1.82, 2.24) is 20.3 Å². The fraction of sp³-hybridized carbons (Fsp3) is 0.448. The van der Waals surface area contributed by atoms with Crippen LogP contribution in [0.15, 0.2) is 48.7 Å². The molecule has 4 rings (SSSR count). The van der Waals surface area contributed by atoms with Gasteiger partial charge in [0.15, 0.2) is 11.6 Å². The van der Waals surface area contributed by atoms with Gasteiger partial charge in [0.1, 0.15) is 30.0 Å². The van der Waals surface area contributed by atoms with Crippen molar-refractivity contribution in [2.45, 2.75) is 57.6 Å². The van der Waals surface area contributed by atoms with Gasteiger partial charge in [-0.25, -0.2) is 9.97 Å². The lowest BCUT2D eigenvalue weighted by molar-refractivity contribution is 0.0983. The van der Waals surface area contributed by atoms with Gasteiger partial charge in [0.25, 0.3) is 0 Å². The number of Topliss-reactive ketones (excluding diaryl/α,β-unsaturated/α-hetero) is 1. The van der Waals surface area contributed by atoms with Crippen molar-refractivity contribution in [1.29, 1.82) is 0 Å². The molecular weight excluding hydrogens is 466 g/mol. The van der Waals surface area contributed by atoms with Crippen LogP contribution in [0.1, 0.15) is 55.9 Å². The average molecular weight is 504 g/mol. The number of aliphatic hydroxyl groups excluding tert-OH is 1. The van der Waals surface area contributed by atoms with E-state index in [0.29, 0.717) is 36.3 Å². The van der Waals surface area contributed by atoms with Crippen LogP contribution in [0.25, 0.3) is 22.6 Å². The van der Waals surface area contributed by atoms with E-state index in [-0.39, 0.29) is 12.4 Å². The molecule has 1 aromatic carbocycles. The van der Waals surface area contributed by atoms with Crippen molar-refractivity contribution in [2.24, 2.45) is 0 Å².